The van der Waals surface area contributed by atoms with Crippen molar-refractivity contribution in [1.82, 2.24) is 0 Å². The van der Waals surface area contributed by atoms with Gasteiger partial charge >= 0.3 is 0 Å². The van der Waals surface area contributed by atoms with E-state index in [9.17, 15) is 10.1 Å². The molecular weight excluding hydrogens is 262 g/mol. The molecule has 0 atom stereocenters. The van der Waals surface area contributed by atoms with Crippen molar-refractivity contribution in [2.45, 2.75) is 34.0 Å². The maximum absolute atomic E-state index is 10.8. The van der Waals surface area contributed by atoms with Crippen molar-refractivity contribution >= 4 is 5.69 Å². The number of nitro groups is 1. The van der Waals surface area contributed by atoms with Crippen LogP contribution in [0.4, 0.5) is 5.69 Å². The van der Waals surface area contributed by atoms with Crippen LogP contribution in [0.5, 0.6) is 5.75 Å². The van der Waals surface area contributed by atoms with Gasteiger partial charge in [0.25, 0.3) is 5.69 Å². The number of nitro benzene ring substituents is 1. The van der Waals surface area contributed by atoms with Crippen LogP contribution in [-0.2, 0) is 9.47 Å². The predicted molar refractivity (Wildman–Crippen MR) is 75.1 cm³/mol. The first-order chi connectivity index (χ1) is 9.49. The second-order valence-electron chi connectivity index (χ2n) is 4.31. The Hall–Kier alpha value is -1.66. The van der Waals surface area contributed by atoms with Gasteiger partial charge in [-0.3, -0.25) is 10.1 Å². The summed E-state index contributed by atoms with van der Waals surface area (Å²) in [6.07, 6.45) is -0.431. The quantitative estimate of drug-likeness (QED) is 0.416. The summed E-state index contributed by atoms with van der Waals surface area (Å²) in [4.78, 5) is 10.5. The molecule has 6 heteroatoms. The normalized spacial score (nSPS) is 10.8. The van der Waals surface area contributed by atoms with E-state index in [0.29, 0.717) is 30.1 Å². The molecule has 0 saturated carbocycles. The Bertz CT molecular complexity index is 455. The molecule has 1 aromatic carbocycles. The fourth-order valence-corrected chi connectivity index (χ4v) is 1.80. The number of benzene rings is 1. The first-order valence-electron chi connectivity index (χ1n) is 6.61. The van der Waals surface area contributed by atoms with Crippen molar-refractivity contribution in [1.29, 1.82) is 0 Å². The van der Waals surface area contributed by atoms with Gasteiger partial charge in [-0.15, -0.1) is 0 Å². The molecule has 0 aliphatic carbocycles. The Morgan fingerprint density at radius 1 is 1.15 bits per heavy atom. The van der Waals surface area contributed by atoms with E-state index in [4.69, 9.17) is 14.2 Å². The summed E-state index contributed by atoms with van der Waals surface area (Å²) in [6.45, 7) is 8.55. The highest BCUT2D eigenvalue weighted by atomic mass is 16.7. The summed E-state index contributed by atoms with van der Waals surface area (Å²) < 4.78 is 16.4. The molecular formula is C14H21NO5. The van der Waals surface area contributed by atoms with E-state index in [1.807, 2.05) is 13.8 Å². The van der Waals surface area contributed by atoms with Gasteiger partial charge in [-0.2, -0.15) is 0 Å². The van der Waals surface area contributed by atoms with Crippen molar-refractivity contribution < 1.29 is 19.1 Å². The van der Waals surface area contributed by atoms with E-state index in [1.165, 1.54) is 6.07 Å². The van der Waals surface area contributed by atoms with Crippen LogP contribution in [0.25, 0.3) is 0 Å². The van der Waals surface area contributed by atoms with Gasteiger partial charge in [0.05, 0.1) is 4.92 Å². The third kappa shape index (κ3) is 4.47. The van der Waals surface area contributed by atoms with Gasteiger partial charge in [0.2, 0.25) is 0 Å². The van der Waals surface area contributed by atoms with Gasteiger partial charge in [-0.1, -0.05) is 0 Å². The number of ether oxygens (including phenoxy) is 3. The molecule has 0 aliphatic rings. The van der Waals surface area contributed by atoms with Crippen molar-refractivity contribution in [2.75, 3.05) is 19.8 Å². The first-order valence-corrected chi connectivity index (χ1v) is 6.61. The number of nitrogens with zero attached hydrogens (tertiary/aromatic N) is 1. The van der Waals surface area contributed by atoms with Crippen molar-refractivity contribution in [3.05, 3.63) is 33.4 Å². The minimum atomic E-state index is -0.431. The van der Waals surface area contributed by atoms with Gasteiger partial charge in [0, 0.05) is 24.8 Å². The van der Waals surface area contributed by atoms with Crippen molar-refractivity contribution in [3.8, 4) is 5.75 Å². The summed E-state index contributed by atoms with van der Waals surface area (Å²) in [6, 6.07) is 3.18. The third-order valence-electron chi connectivity index (χ3n) is 2.77. The molecule has 0 heterocycles. The molecule has 0 spiro atoms. The van der Waals surface area contributed by atoms with E-state index in [-0.39, 0.29) is 12.3 Å². The summed E-state index contributed by atoms with van der Waals surface area (Å²) in [7, 11) is 0. The molecule has 0 aromatic heterocycles. The molecule has 0 saturated heterocycles. The molecule has 0 unspecified atom stereocenters. The van der Waals surface area contributed by atoms with Crippen LogP contribution in [0.1, 0.15) is 25.0 Å². The first kappa shape index (κ1) is 16.4. The van der Waals surface area contributed by atoms with Crippen LogP contribution in [0.3, 0.4) is 0 Å². The average Bonchev–Trinajstić information content (AvgIpc) is 2.39. The molecule has 6 nitrogen and oxygen atoms in total. The fourth-order valence-electron chi connectivity index (χ4n) is 1.80. The Morgan fingerprint density at radius 2 is 1.75 bits per heavy atom. The van der Waals surface area contributed by atoms with E-state index >= 15 is 0 Å². The van der Waals surface area contributed by atoms with Crippen LogP contribution in [0, 0.1) is 24.0 Å². The second-order valence-corrected chi connectivity index (χ2v) is 4.31. The van der Waals surface area contributed by atoms with Gasteiger partial charge in [0.15, 0.2) is 6.29 Å². The zero-order valence-electron chi connectivity index (χ0n) is 12.3. The van der Waals surface area contributed by atoms with Gasteiger partial charge in [-0.05, 0) is 39.3 Å². The minimum Gasteiger partial charge on any atom is -0.488 e. The van der Waals surface area contributed by atoms with E-state index in [2.05, 4.69) is 0 Å². The SMILES string of the molecule is CCOC(COc1cc(C)c([N+](=O)[O-])cc1C)OCC. The van der Waals surface area contributed by atoms with Crippen LogP contribution >= 0.6 is 0 Å². The lowest BCUT2D eigenvalue weighted by Gasteiger charge is -2.18. The standard InChI is InChI=1S/C14H21NO5/c1-5-18-14(19-6-2)9-20-13-8-10(3)12(15(16)17)7-11(13)4/h7-8,14H,5-6,9H2,1-4H3. The minimum absolute atomic E-state index is 0.0982. The lowest BCUT2D eigenvalue weighted by atomic mass is 10.1. The number of rotatable bonds is 8. The molecule has 0 aliphatic heterocycles. The predicted octanol–water partition coefficient (Wildman–Crippen LogP) is 2.99. The smallest absolute Gasteiger partial charge is 0.272 e. The number of hydrogen-bond acceptors (Lipinski definition) is 5. The Balaban J connectivity index is 2.77. The molecule has 1 aromatic rings. The van der Waals surface area contributed by atoms with Crippen LogP contribution < -0.4 is 4.74 Å². The molecule has 0 fully saturated rings. The highest BCUT2D eigenvalue weighted by Crippen LogP contribution is 2.27. The summed E-state index contributed by atoms with van der Waals surface area (Å²) in [5.74, 6) is 0.609. The van der Waals surface area contributed by atoms with Gasteiger partial charge in [-0.25, -0.2) is 0 Å². The van der Waals surface area contributed by atoms with Gasteiger partial charge < -0.3 is 14.2 Å². The van der Waals surface area contributed by atoms with Gasteiger partial charge in [0.1, 0.15) is 12.4 Å². The zero-order valence-corrected chi connectivity index (χ0v) is 12.3. The molecule has 112 valence electrons. The summed E-state index contributed by atoms with van der Waals surface area (Å²) >= 11 is 0. The van der Waals surface area contributed by atoms with Crippen molar-refractivity contribution in [2.24, 2.45) is 0 Å². The van der Waals surface area contributed by atoms with Crippen LogP contribution in [0.15, 0.2) is 12.1 Å². The largest absolute Gasteiger partial charge is 0.488 e. The Labute approximate surface area is 118 Å². The second kappa shape index (κ2) is 7.81. The molecule has 1 rings (SSSR count). The number of hydrogen-bond donors (Lipinski definition) is 0. The molecule has 20 heavy (non-hydrogen) atoms. The summed E-state index contributed by atoms with van der Waals surface area (Å²) in [5, 5.41) is 10.8. The third-order valence-corrected chi connectivity index (χ3v) is 2.77. The zero-order chi connectivity index (χ0) is 15.1. The maximum Gasteiger partial charge on any atom is 0.272 e. The molecule has 0 amide bonds. The van der Waals surface area contributed by atoms with E-state index in [0.717, 1.165) is 0 Å². The Morgan fingerprint density at radius 3 is 2.25 bits per heavy atom. The number of aryl methyl sites for hydroxylation is 2. The molecule has 0 N–H and O–H groups in total. The van der Waals surface area contributed by atoms with Crippen LogP contribution in [-0.4, -0.2) is 31.0 Å². The lowest BCUT2D eigenvalue weighted by Crippen LogP contribution is -2.25. The monoisotopic (exact) mass is 283 g/mol. The lowest BCUT2D eigenvalue weighted by molar-refractivity contribution is -0.385. The fraction of sp³-hybridized carbons (Fsp3) is 0.571. The topological polar surface area (TPSA) is 70.8 Å². The van der Waals surface area contributed by atoms with Crippen LogP contribution in [0.2, 0.25) is 0 Å². The Kier molecular flexibility index (Phi) is 6.41. The highest BCUT2D eigenvalue weighted by molar-refractivity contribution is 5.49. The van der Waals surface area contributed by atoms with E-state index < -0.39 is 11.2 Å². The van der Waals surface area contributed by atoms with Crippen molar-refractivity contribution in [3.63, 3.8) is 0 Å². The maximum atomic E-state index is 10.8. The highest BCUT2D eigenvalue weighted by Gasteiger charge is 2.15. The molecule has 0 bridgehead atoms. The van der Waals surface area contributed by atoms with E-state index in [1.54, 1.807) is 19.9 Å². The average molecular weight is 283 g/mol. The summed E-state index contributed by atoms with van der Waals surface area (Å²) in [5.41, 5.74) is 1.38. The molecule has 0 radical (unpaired) electrons.